The molecular weight excluding hydrogens is 288 g/mol. The summed E-state index contributed by atoms with van der Waals surface area (Å²) in [4.78, 5) is 0.402. The molecule has 0 aliphatic carbocycles. The predicted molar refractivity (Wildman–Crippen MR) is 81.1 cm³/mol. The van der Waals surface area contributed by atoms with Gasteiger partial charge in [0.2, 0.25) is 10.0 Å². The first-order valence-corrected chi connectivity index (χ1v) is 8.96. The first-order valence-electron chi connectivity index (χ1n) is 7.52. The lowest BCUT2D eigenvalue weighted by Gasteiger charge is -2.31. The predicted octanol–water partition coefficient (Wildman–Crippen LogP) is 1.24. The van der Waals surface area contributed by atoms with Crippen LogP contribution in [0.25, 0.3) is 0 Å². The van der Waals surface area contributed by atoms with Gasteiger partial charge in [-0.05, 0) is 56.1 Å². The van der Waals surface area contributed by atoms with Crippen molar-refractivity contribution in [2.75, 3.05) is 33.3 Å². The fraction of sp³-hybridized carbons (Fsp3) is 0.600. The molecule has 3 rings (SSSR count). The van der Waals surface area contributed by atoms with Crippen LogP contribution in [-0.2, 0) is 16.4 Å². The quantitative estimate of drug-likeness (QED) is 0.909. The molecule has 21 heavy (non-hydrogen) atoms. The standard InChI is InChI=1S/C15H22N2O3S/c1-16-11-12-4-7-17(8-5-12)21(18,19)14-2-3-15-13(10-14)6-9-20-15/h2-3,10,12,16H,4-9,11H2,1H3. The fourth-order valence-electron chi connectivity index (χ4n) is 3.11. The number of hydrogen-bond donors (Lipinski definition) is 1. The summed E-state index contributed by atoms with van der Waals surface area (Å²) < 4.78 is 32.5. The molecule has 0 saturated carbocycles. The highest BCUT2D eigenvalue weighted by Crippen LogP contribution is 2.30. The maximum Gasteiger partial charge on any atom is 0.243 e. The van der Waals surface area contributed by atoms with Crippen molar-refractivity contribution < 1.29 is 13.2 Å². The van der Waals surface area contributed by atoms with Gasteiger partial charge in [0.15, 0.2) is 0 Å². The number of nitrogens with one attached hydrogen (secondary N) is 1. The highest BCUT2D eigenvalue weighted by Gasteiger charge is 2.30. The van der Waals surface area contributed by atoms with Crippen molar-refractivity contribution in [2.45, 2.75) is 24.2 Å². The van der Waals surface area contributed by atoms with Crippen LogP contribution < -0.4 is 10.1 Å². The van der Waals surface area contributed by atoms with Crippen LogP contribution in [0.5, 0.6) is 5.75 Å². The number of benzene rings is 1. The van der Waals surface area contributed by atoms with E-state index in [1.165, 1.54) is 0 Å². The van der Waals surface area contributed by atoms with Gasteiger partial charge in [-0.1, -0.05) is 0 Å². The van der Waals surface area contributed by atoms with E-state index in [2.05, 4.69) is 5.32 Å². The monoisotopic (exact) mass is 310 g/mol. The van der Waals surface area contributed by atoms with Crippen LogP contribution in [0.2, 0.25) is 0 Å². The van der Waals surface area contributed by atoms with Crippen LogP contribution in [-0.4, -0.2) is 46.0 Å². The molecule has 1 N–H and O–H groups in total. The number of hydrogen-bond acceptors (Lipinski definition) is 4. The number of sulfonamides is 1. The van der Waals surface area contributed by atoms with E-state index in [0.29, 0.717) is 30.5 Å². The number of piperidine rings is 1. The van der Waals surface area contributed by atoms with Gasteiger partial charge in [0.05, 0.1) is 11.5 Å². The minimum Gasteiger partial charge on any atom is -0.493 e. The molecule has 0 atom stereocenters. The summed E-state index contributed by atoms with van der Waals surface area (Å²) in [6.07, 6.45) is 2.64. The zero-order valence-corrected chi connectivity index (χ0v) is 13.2. The summed E-state index contributed by atoms with van der Waals surface area (Å²) >= 11 is 0. The summed E-state index contributed by atoms with van der Waals surface area (Å²) in [5.74, 6) is 1.40. The Bertz CT molecular complexity index is 607. The van der Waals surface area contributed by atoms with Gasteiger partial charge in [-0.3, -0.25) is 0 Å². The normalized spacial score (nSPS) is 20.2. The topological polar surface area (TPSA) is 58.6 Å². The largest absolute Gasteiger partial charge is 0.493 e. The molecule has 6 heteroatoms. The van der Waals surface area contributed by atoms with E-state index in [0.717, 1.165) is 37.1 Å². The number of ether oxygens (including phenoxy) is 1. The zero-order valence-electron chi connectivity index (χ0n) is 12.3. The zero-order chi connectivity index (χ0) is 14.9. The van der Waals surface area contributed by atoms with E-state index in [1.807, 2.05) is 7.05 Å². The van der Waals surface area contributed by atoms with Gasteiger partial charge in [-0.25, -0.2) is 8.42 Å². The summed E-state index contributed by atoms with van der Waals surface area (Å²) in [6, 6.07) is 5.22. The second-order valence-electron chi connectivity index (χ2n) is 5.77. The average Bonchev–Trinajstić information content (AvgIpc) is 2.95. The molecule has 0 unspecified atom stereocenters. The fourth-order valence-corrected chi connectivity index (χ4v) is 4.64. The van der Waals surface area contributed by atoms with E-state index in [1.54, 1.807) is 22.5 Å². The van der Waals surface area contributed by atoms with Crippen LogP contribution >= 0.6 is 0 Å². The molecule has 0 bridgehead atoms. The Balaban J connectivity index is 1.75. The first kappa shape index (κ1) is 14.8. The van der Waals surface area contributed by atoms with Crippen LogP contribution in [0.3, 0.4) is 0 Å². The van der Waals surface area contributed by atoms with Crippen molar-refractivity contribution in [1.29, 1.82) is 0 Å². The molecule has 2 aliphatic heterocycles. The van der Waals surface area contributed by atoms with Crippen molar-refractivity contribution in [3.63, 3.8) is 0 Å². The van der Waals surface area contributed by atoms with Crippen LogP contribution in [0.15, 0.2) is 23.1 Å². The van der Waals surface area contributed by atoms with Gasteiger partial charge in [0.25, 0.3) is 0 Å². The Morgan fingerprint density at radius 1 is 1.33 bits per heavy atom. The van der Waals surface area contributed by atoms with Crippen LogP contribution in [0.1, 0.15) is 18.4 Å². The van der Waals surface area contributed by atoms with Crippen LogP contribution in [0, 0.1) is 5.92 Å². The van der Waals surface area contributed by atoms with Gasteiger partial charge in [0, 0.05) is 19.5 Å². The molecular formula is C15H22N2O3S. The maximum absolute atomic E-state index is 12.7. The third-order valence-corrected chi connectivity index (χ3v) is 6.26. The van der Waals surface area contributed by atoms with Gasteiger partial charge < -0.3 is 10.1 Å². The minimum absolute atomic E-state index is 0.402. The summed E-state index contributed by atoms with van der Waals surface area (Å²) in [7, 11) is -1.42. The van der Waals surface area contributed by atoms with Crippen molar-refractivity contribution in [3.8, 4) is 5.75 Å². The molecule has 2 heterocycles. The molecule has 1 aromatic carbocycles. The Labute approximate surface area is 126 Å². The van der Waals surface area contributed by atoms with Gasteiger partial charge in [0.1, 0.15) is 5.75 Å². The van der Waals surface area contributed by atoms with Gasteiger partial charge in [-0.15, -0.1) is 0 Å². The lowest BCUT2D eigenvalue weighted by Crippen LogP contribution is -2.40. The van der Waals surface area contributed by atoms with Crippen molar-refractivity contribution in [3.05, 3.63) is 23.8 Å². The van der Waals surface area contributed by atoms with Crippen molar-refractivity contribution >= 4 is 10.0 Å². The molecule has 2 aliphatic rings. The summed E-state index contributed by atoms with van der Waals surface area (Å²) in [5.41, 5.74) is 1.00. The van der Waals surface area contributed by atoms with E-state index < -0.39 is 10.0 Å². The first-order chi connectivity index (χ1) is 10.1. The van der Waals surface area contributed by atoms with Crippen LogP contribution in [0.4, 0.5) is 0 Å². The molecule has 0 radical (unpaired) electrons. The van der Waals surface area contributed by atoms with E-state index in [4.69, 9.17) is 4.74 Å². The second-order valence-corrected chi connectivity index (χ2v) is 7.71. The number of fused-ring (bicyclic) bond motifs is 1. The van der Waals surface area contributed by atoms with E-state index >= 15 is 0 Å². The Morgan fingerprint density at radius 3 is 2.81 bits per heavy atom. The highest BCUT2D eigenvalue weighted by molar-refractivity contribution is 7.89. The molecule has 0 amide bonds. The Kier molecular flexibility index (Phi) is 4.19. The lowest BCUT2D eigenvalue weighted by molar-refractivity contribution is 0.270. The lowest BCUT2D eigenvalue weighted by atomic mass is 9.98. The van der Waals surface area contributed by atoms with E-state index in [-0.39, 0.29) is 0 Å². The second kappa shape index (κ2) is 5.94. The molecule has 0 spiro atoms. The number of nitrogens with zero attached hydrogens (tertiary/aromatic N) is 1. The number of rotatable bonds is 4. The third-order valence-electron chi connectivity index (χ3n) is 4.36. The van der Waals surface area contributed by atoms with Crippen molar-refractivity contribution in [2.24, 2.45) is 5.92 Å². The minimum atomic E-state index is -3.36. The van der Waals surface area contributed by atoms with Gasteiger partial charge in [-0.2, -0.15) is 4.31 Å². The summed E-state index contributed by atoms with van der Waals surface area (Å²) in [5, 5.41) is 3.17. The molecule has 1 saturated heterocycles. The van der Waals surface area contributed by atoms with E-state index in [9.17, 15) is 8.42 Å². The Morgan fingerprint density at radius 2 is 2.10 bits per heavy atom. The van der Waals surface area contributed by atoms with Crippen molar-refractivity contribution in [1.82, 2.24) is 9.62 Å². The molecule has 1 aromatic rings. The third kappa shape index (κ3) is 2.93. The maximum atomic E-state index is 12.7. The van der Waals surface area contributed by atoms with Gasteiger partial charge >= 0.3 is 0 Å². The Hall–Kier alpha value is -1.11. The SMILES string of the molecule is CNCC1CCN(S(=O)(=O)c2ccc3c(c2)CCO3)CC1. The summed E-state index contributed by atoms with van der Waals surface area (Å²) in [6.45, 7) is 2.84. The average molecular weight is 310 g/mol. The molecule has 5 nitrogen and oxygen atoms in total. The molecule has 0 aromatic heterocycles. The molecule has 1 fully saturated rings. The highest BCUT2D eigenvalue weighted by atomic mass is 32.2. The smallest absolute Gasteiger partial charge is 0.243 e. The molecule has 116 valence electrons.